The molecule has 8 nitrogen and oxygen atoms in total. The van der Waals surface area contributed by atoms with Crippen molar-refractivity contribution in [3.8, 4) is 0 Å². The molecular formula is C20H16FN3O5S. The maximum absolute atomic E-state index is 13.6. The average molecular weight is 429 g/mol. The summed E-state index contributed by atoms with van der Waals surface area (Å²) >= 11 is 1.06. The van der Waals surface area contributed by atoms with Crippen molar-refractivity contribution >= 4 is 45.2 Å². The molecule has 0 bridgehead atoms. The van der Waals surface area contributed by atoms with Crippen LogP contribution in [0.15, 0.2) is 53.5 Å². The number of nitro groups is 1. The number of non-ortho nitro benzene ring substituents is 1. The molecule has 10 heteroatoms. The number of ether oxygens (including phenoxy) is 1. The highest BCUT2D eigenvalue weighted by Gasteiger charge is 2.12. The summed E-state index contributed by atoms with van der Waals surface area (Å²) in [4.78, 5) is 38.8. The largest absolute Gasteiger partial charge is 0.465 e. The maximum Gasteiger partial charge on any atom is 0.326 e. The summed E-state index contributed by atoms with van der Waals surface area (Å²) in [6.45, 7) is 1.70. The normalized spacial score (nSPS) is 11.9. The van der Waals surface area contributed by atoms with Crippen LogP contribution in [0.5, 0.6) is 0 Å². The minimum absolute atomic E-state index is 0.0969. The number of carbonyl (C=O) groups is 2. The Balaban J connectivity index is 1.95. The summed E-state index contributed by atoms with van der Waals surface area (Å²) in [5.74, 6) is -1.59. The molecule has 1 heterocycles. The first-order valence-corrected chi connectivity index (χ1v) is 9.64. The van der Waals surface area contributed by atoms with E-state index in [9.17, 15) is 24.1 Å². The third-order valence-electron chi connectivity index (χ3n) is 3.94. The van der Waals surface area contributed by atoms with Crippen molar-refractivity contribution < 1.29 is 23.6 Å². The highest BCUT2D eigenvalue weighted by Crippen LogP contribution is 2.19. The number of carbonyl (C=O) groups excluding carboxylic acids is 2. The van der Waals surface area contributed by atoms with Gasteiger partial charge in [-0.25, -0.2) is 4.39 Å². The van der Waals surface area contributed by atoms with Gasteiger partial charge in [0.2, 0.25) is 0 Å². The molecule has 0 aliphatic carbocycles. The number of nitrogens with zero attached hydrogens (tertiary/aromatic N) is 3. The smallest absolute Gasteiger partial charge is 0.326 e. The fourth-order valence-electron chi connectivity index (χ4n) is 2.66. The minimum atomic E-state index is -0.633. The van der Waals surface area contributed by atoms with Gasteiger partial charge in [0, 0.05) is 18.2 Å². The number of hydrogen-bond donors (Lipinski definition) is 0. The average Bonchev–Trinajstić information content (AvgIpc) is 3.02. The Hall–Kier alpha value is -3.66. The quantitative estimate of drug-likeness (QED) is 0.258. The Morgan fingerprint density at radius 2 is 2.10 bits per heavy atom. The van der Waals surface area contributed by atoms with E-state index < -0.39 is 22.6 Å². The maximum atomic E-state index is 13.6. The van der Waals surface area contributed by atoms with Gasteiger partial charge in [-0.05, 0) is 36.8 Å². The molecule has 154 valence electrons. The molecule has 3 aromatic rings. The number of thiazole rings is 1. The fourth-order valence-corrected chi connectivity index (χ4v) is 3.72. The molecule has 0 aliphatic heterocycles. The van der Waals surface area contributed by atoms with Crippen molar-refractivity contribution in [3.63, 3.8) is 0 Å². The van der Waals surface area contributed by atoms with Gasteiger partial charge in [0.05, 0.1) is 21.7 Å². The van der Waals surface area contributed by atoms with Gasteiger partial charge in [0.25, 0.3) is 11.6 Å². The van der Waals surface area contributed by atoms with Gasteiger partial charge in [0.15, 0.2) is 4.80 Å². The van der Waals surface area contributed by atoms with E-state index in [0.717, 1.165) is 11.3 Å². The second-order valence-electron chi connectivity index (χ2n) is 6.02. The van der Waals surface area contributed by atoms with E-state index in [1.54, 1.807) is 13.0 Å². The van der Waals surface area contributed by atoms with E-state index in [2.05, 4.69) is 4.99 Å². The summed E-state index contributed by atoms with van der Waals surface area (Å²) in [6.07, 6.45) is 2.57. The minimum Gasteiger partial charge on any atom is -0.465 e. The molecule has 0 fully saturated rings. The number of halogens is 1. The molecule has 1 amide bonds. The molecule has 1 aromatic heterocycles. The molecular weight excluding hydrogens is 413 g/mol. The molecule has 0 N–H and O–H groups in total. The summed E-state index contributed by atoms with van der Waals surface area (Å²) in [6, 6.07) is 9.84. The standard InChI is InChI=1S/C20H16FN3O5S/c1-2-29-19(26)12-23-16-8-7-14(21)11-17(16)30-20(23)22-18(25)9-6-13-4-3-5-15(10-13)24(27)28/h3-11H,2,12H2,1H3. The molecule has 0 atom stereocenters. The molecule has 3 rings (SSSR count). The number of nitro benzene ring substituents is 1. The number of rotatable bonds is 6. The first kappa shape index (κ1) is 21.1. The number of benzene rings is 2. The zero-order valence-corrected chi connectivity index (χ0v) is 16.6. The molecule has 0 aliphatic rings. The van der Waals surface area contributed by atoms with E-state index in [-0.39, 0.29) is 23.6 Å². The van der Waals surface area contributed by atoms with E-state index in [1.807, 2.05) is 0 Å². The topological polar surface area (TPSA) is 104 Å². The Bertz CT molecular complexity index is 1230. The van der Waals surface area contributed by atoms with Gasteiger partial charge in [0.1, 0.15) is 12.4 Å². The van der Waals surface area contributed by atoms with Crippen LogP contribution < -0.4 is 4.80 Å². The molecule has 0 radical (unpaired) electrons. The van der Waals surface area contributed by atoms with Crippen LogP contribution in [0.2, 0.25) is 0 Å². The van der Waals surface area contributed by atoms with Crippen LogP contribution in [0.4, 0.5) is 10.1 Å². The van der Waals surface area contributed by atoms with Crippen LogP contribution in [-0.2, 0) is 20.9 Å². The summed E-state index contributed by atoms with van der Waals surface area (Å²) in [5.41, 5.74) is 0.912. The molecule has 2 aromatic carbocycles. The highest BCUT2D eigenvalue weighted by atomic mass is 32.1. The van der Waals surface area contributed by atoms with Crippen molar-refractivity contribution in [2.24, 2.45) is 4.99 Å². The lowest BCUT2D eigenvalue weighted by molar-refractivity contribution is -0.384. The van der Waals surface area contributed by atoms with Crippen molar-refractivity contribution in [2.45, 2.75) is 13.5 Å². The van der Waals surface area contributed by atoms with Crippen LogP contribution in [-0.4, -0.2) is 28.0 Å². The Labute approximate surface area is 173 Å². The number of hydrogen-bond acceptors (Lipinski definition) is 6. The van der Waals surface area contributed by atoms with Crippen LogP contribution >= 0.6 is 11.3 Å². The van der Waals surface area contributed by atoms with Crippen molar-refractivity contribution in [2.75, 3.05) is 6.61 Å². The monoisotopic (exact) mass is 429 g/mol. The summed E-state index contributed by atoms with van der Waals surface area (Å²) < 4.78 is 20.5. The summed E-state index contributed by atoms with van der Waals surface area (Å²) in [5, 5.41) is 10.8. The Morgan fingerprint density at radius 1 is 1.30 bits per heavy atom. The molecule has 30 heavy (non-hydrogen) atoms. The van der Waals surface area contributed by atoms with Gasteiger partial charge < -0.3 is 9.30 Å². The van der Waals surface area contributed by atoms with Gasteiger partial charge in [-0.3, -0.25) is 19.7 Å². The van der Waals surface area contributed by atoms with E-state index >= 15 is 0 Å². The first-order chi connectivity index (χ1) is 14.4. The van der Waals surface area contributed by atoms with Crippen LogP contribution in [0, 0.1) is 15.9 Å². The van der Waals surface area contributed by atoms with E-state index in [1.165, 1.54) is 53.1 Å². The first-order valence-electron chi connectivity index (χ1n) is 8.83. The van der Waals surface area contributed by atoms with Crippen molar-refractivity contribution in [1.29, 1.82) is 0 Å². The highest BCUT2D eigenvalue weighted by molar-refractivity contribution is 7.16. The predicted octanol–water partition coefficient (Wildman–Crippen LogP) is 3.45. The van der Waals surface area contributed by atoms with E-state index in [0.29, 0.717) is 15.8 Å². The lowest BCUT2D eigenvalue weighted by atomic mass is 10.2. The number of aromatic nitrogens is 1. The molecule has 0 unspecified atom stereocenters. The number of esters is 1. The Morgan fingerprint density at radius 3 is 2.83 bits per heavy atom. The van der Waals surface area contributed by atoms with Crippen LogP contribution in [0.1, 0.15) is 12.5 Å². The lowest BCUT2D eigenvalue weighted by Crippen LogP contribution is -2.22. The van der Waals surface area contributed by atoms with Crippen molar-refractivity contribution in [3.05, 3.63) is 74.8 Å². The van der Waals surface area contributed by atoms with Crippen LogP contribution in [0.3, 0.4) is 0 Å². The second-order valence-corrected chi connectivity index (χ2v) is 7.03. The van der Waals surface area contributed by atoms with E-state index in [4.69, 9.17) is 4.74 Å². The third-order valence-corrected chi connectivity index (χ3v) is 4.98. The van der Waals surface area contributed by atoms with Gasteiger partial charge >= 0.3 is 5.97 Å². The predicted molar refractivity (Wildman–Crippen MR) is 109 cm³/mol. The lowest BCUT2D eigenvalue weighted by Gasteiger charge is -2.04. The molecule has 0 saturated heterocycles. The molecule has 0 spiro atoms. The van der Waals surface area contributed by atoms with Gasteiger partial charge in [-0.15, -0.1) is 0 Å². The number of amides is 1. The summed E-state index contributed by atoms with van der Waals surface area (Å²) in [7, 11) is 0. The van der Waals surface area contributed by atoms with Crippen LogP contribution in [0.25, 0.3) is 16.3 Å². The fraction of sp³-hybridized carbons (Fsp3) is 0.150. The third kappa shape index (κ3) is 5.03. The SMILES string of the molecule is CCOC(=O)Cn1c(=NC(=O)C=Cc2cccc([N+](=O)[O-])c2)sc2cc(F)ccc21. The zero-order chi connectivity index (χ0) is 21.7. The van der Waals surface area contributed by atoms with Gasteiger partial charge in [-0.1, -0.05) is 23.5 Å². The van der Waals surface area contributed by atoms with Gasteiger partial charge in [-0.2, -0.15) is 4.99 Å². The van der Waals surface area contributed by atoms with Crippen molar-refractivity contribution in [1.82, 2.24) is 4.57 Å². The zero-order valence-electron chi connectivity index (χ0n) is 15.8. The number of fused-ring (bicyclic) bond motifs is 1. The Kier molecular flexibility index (Phi) is 6.48. The second kappa shape index (κ2) is 9.23. The molecule has 0 saturated carbocycles.